The molecule has 1 heterocycles. The van der Waals surface area contributed by atoms with Crippen LogP contribution in [0.4, 0.5) is 11.4 Å². The molecule has 8 heteroatoms. The van der Waals surface area contributed by atoms with E-state index in [1.54, 1.807) is 35.2 Å². The van der Waals surface area contributed by atoms with Crippen LogP contribution in [0, 0.1) is 19.8 Å². The van der Waals surface area contributed by atoms with Gasteiger partial charge in [-0.1, -0.05) is 47.5 Å². The number of nitrogens with zero attached hydrogens (tertiary/aromatic N) is 1. The largest absolute Gasteiger partial charge is 0.487 e. The third kappa shape index (κ3) is 5.46. The molecule has 176 valence electrons. The number of ether oxygens (including phenoxy) is 1. The highest BCUT2D eigenvalue weighted by Gasteiger charge is 2.35. The molecule has 34 heavy (non-hydrogen) atoms. The molecule has 1 atom stereocenters. The second-order valence-corrected chi connectivity index (χ2v) is 9.15. The highest BCUT2D eigenvalue weighted by Crippen LogP contribution is 2.29. The van der Waals surface area contributed by atoms with Crippen molar-refractivity contribution in [1.29, 1.82) is 0 Å². The van der Waals surface area contributed by atoms with Crippen molar-refractivity contribution in [2.75, 3.05) is 16.9 Å². The van der Waals surface area contributed by atoms with E-state index in [0.29, 0.717) is 28.0 Å². The normalized spacial score (nSPS) is 15.4. The van der Waals surface area contributed by atoms with Crippen molar-refractivity contribution < 1.29 is 14.3 Å². The highest BCUT2D eigenvalue weighted by atomic mass is 35.5. The number of halogens is 2. The van der Waals surface area contributed by atoms with Gasteiger partial charge in [0.2, 0.25) is 11.8 Å². The summed E-state index contributed by atoms with van der Waals surface area (Å²) in [6, 6.07) is 18.4. The van der Waals surface area contributed by atoms with Crippen molar-refractivity contribution in [3.05, 3.63) is 87.4 Å². The first-order valence-corrected chi connectivity index (χ1v) is 11.7. The van der Waals surface area contributed by atoms with Gasteiger partial charge in [0, 0.05) is 34.3 Å². The lowest BCUT2D eigenvalue weighted by molar-refractivity contribution is -0.125. The highest BCUT2D eigenvalue weighted by molar-refractivity contribution is 6.35. The number of rotatable bonds is 7. The number of benzene rings is 3. The van der Waals surface area contributed by atoms with Crippen LogP contribution in [0.15, 0.2) is 60.7 Å². The molecule has 0 radical (unpaired) electrons. The van der Waals surface area contributed by atoms with E-state index in [1.807, 2.05) is 44.2 Å². The molecule has 4 rings (SSSR count). The number of hydrazine groups is 1. The van der Waals surface area contributed by atoms with Gasteiger partial charge in [-0.25, -0.2) is 0 Å². The van der Waals surface area contributed by atoms with Crippen LogP contribution in [-0.2, 0) is 16.2 Å². The molecule has 0 saturated carbocycles. The van der Waals surface area contributed by atoms with Crippen molar-refractivity contribution in [3.8, 4) is 5.75 Å². The monoisotopic (exact) mass is 497 g/mol. The van der Waals surface area contributed by atoms with Crippen LogP contribution in [0.3, 0.4) is 0 Å². The summed E-state index contributed by atoms with van der Waals surface area (Å²) in [5.74, 6) is -0.224. The number of hydrogen-bond acceptors (Lipinski definition) is 4. The number of anilines is 2. The predicted molar refractivity (Wildman–Crippen MR) is 135 cm³/mol. The van der Waals surface area contributed by atoms with Crippen LogP contribution < -0.4 is 20.5 Å². The fourth-order valence-corrected chi connectivity index (χ4v) is 4.21. The molecule has 0 aliphatic carbocycles. The zero-order valence-corrected chi connectivity index (χ0v) is 20.4. The standard InChI is InChI=1S/C26H25Cl2N3O3/c1-16-7-10-21(11-17(16)2)31-14-19(12-25(31)32)26(33)30-29-23-5-3-4-6-24(23)34-15-18-8-9-20(27)13-22(18)28/h3-11,13,19,29H,12,14-15H2,1-2H3,(H,30,33)/t19-/m0/s1. The first kappa shape index (κ1) is 23.9. The second kappa shape index (κ2) is 10.4. The quantitative estimate of drug-likeness (QED) is 0.411. The van der Waals surface area contributed by atoms with E-state index >= 15 is 0 Å². The van der Waals surface area contributed by atoms with E-state index in [1.165, 1.54) is 0 Å². The second-order valence-electron chi connectivity index (χ2n) is 8.31. The Kier molecular flexibility index (Phi) is 7.29. The number of nitrogens with one attached hydrogen (secondary N) is 2. The van der Waals surface area contributed by atoms with Gasteiger partial charge in [-0.15, -0.1) is 0 Å². The lowest BCUT2D eigenvalue weighted by Crippen LogP contribution is -2.36. The maximum absolute atomic E-state index is 12.8. The van der Waals surface area contributed by atoms with E-state index < -0.39 is 5.92 Å². The summed E-state index contributed by atoms with van der Waals surface area (Å²) in [5, 5.41) is 1.07. The van der Waals surface area contributed by atoms with Crippen LogP contribution in [0.1, 0.15) is 23.1 Å². The molecular formula is C26H25Cl2N3O3. The van der Waals surface area contributed by atoms with Crippen molar-refractivity contribution in [2.45, 2.75) is 26.9 Å². The summed E-state index contributed by atoms with van der Waals surface area (Å²) in [6.45, 7) is 4.61. The number of carbonyl (C=O) groups excluding carboxylic acids is 2. The Balaban J connectivity index is 1.37. The molecule has 2 amide bonds. The van der Waals surface area contributed by atoms with Gasteiger partial charge in [0.25, 0.3) is 0 Å². The van der Waals surface area contributed by atoms with Crippen LogP contribution >= 0.6 is 23.2 Å². The Morgan fingerprint density at radius 3 is 2.62 bits per heavy atom. The van der Waals surface area contributed by atoms with E-state index in [9.17, 15) is 9.59 Å². The van der Waals surface area contributed by atoms with E-state index in [-0.39, 0.29) is 24.8 Å². The topological polar surface area (TPSA) is 70.7 Å². The zero-order chi connectivity index (χ0) is 24.2. The Morgan fingerprint density at radius 1 is 1.06 bits per heavy atom. The third-order valence-electron chi connectivity index (χ3n) is 5.90. The Labute approximate surface area is 208 Å². The van der Waals surface area contributed by atoms with Gasteiger partial charge in [-0.2, -0.15) is 0 Å². The number of carbonyl (C=O) groups is 2. The van der Waals surface area contributed by atoms with Gasteiger partial charge < -0.3 is 9.64 Å². The molecule has 1 aliphatic rings. The first-order chi connectivity index (χ1) is 16.3. The van der Waals surface area contributed by atoms with E-state index in [0.717, 1.165) is 22.4 Å². The van der Waals surface area contributed by atoms with Crippen LogP contribution in [0.25, 0.3) is 0 Å². The summed E-state index contributed by atoms with van der Waals surface area (Å²) < 4.78 is 5.91. The fourth-order valence-electron chi connectivity index (χ4n) is 3.75. The summed E-state index contributed by atoms with van der Waals surface area (Å²) in [5.41, 5.74) is 10.1. The molecule has 1 fully saturated rings. The minimum Gasteiger partial charge on any atom is -0.487 e. The first-order valence-electron chi connectivity index (χ1n) is 10.9. The molecule has 3 aromatic carbocycles. The Bertz CT molecular complexity index is 1230. The van der Waals surface area contributed by atoms with E-state index in [4.69, 9.17) is 27.9 Å². The molecule has 0 unspecified atom stereocenters. The van der Waals surface area contributed by atoms with Crippen molar-refractivity contribution in [1.82, 2.24) is 5.43 Å². The third-order valence-corrected chi connectivity index (χ3v) is 6.49. The van der Waals surface area contributed by atoms with Crippen molar-refractivity contribution in [3.63, 3.8) is 0 Å². The SMILES string of the molecule is Cc1ccc(N2C[C@@H](C(=O)NNc3ccccc3OCc3ccc(Cl)cc3Cl)CC2=O)cc1C. The average molecular weight is 498 g/mol. The molecule has 2 N–H and O–H groups in total. The Hall–Kier alpha value is -3.22. The van der Waals surface area contributed by atoms with Gasteiger partial charge in [0.15, 0.2) is 0 Å². The smallest absolute Gasteiger partial charge is 0.243 e. The Morgan fingerprint density at radius 2 is 1.85 bits per heavy atom. The fraction of sp³-hybridized carbons (Fsp3) is 0.231. The maximum atomic E-state index is 12.8. The minimum atomic E-state index is -0.456. The molecular weight excluding hydrogens is 473 g/mol. The van der Waals surface area contributed by atoms with Gasteiger partial charge in [0.05, 0.1) is 11.6 Å². The molecule has 0 spiro atoms. The zero-order valence-electron chi connectivity index (χ0n) is 18.9. The van der Waals surface area contributed by atoms with Crippen LogP contribution in [0.5, 0.6) is 5.75 Å². The number of amides is 2. The molecule has 1 saturated heterocycles. The van der Waals surface area contributed by atoms with Gasteiger partial charge >= 0.3 is 0 Å². The molecule has 6 nitrogen and oxygen atoms in total. The summed E-state index contributed by atoms with van der Waals surface area (Å²) in [4.78, 5) is 27.0. The van der Waals surface area contributed by atoms with Gasteiger partial charge in [-0.05, 0) is 61.4 Å². The minimum absolute atomic E-state index is 0.0630. The summed E-state index contributed by atoms with van der Waals surface area (Å²) in [6.07, 6.45) is 0.160. The number of aryl methyl sites for hydroxylation is 2. The number of hydrogen-bond donors (Lipinski definition) is 2. The van der Waals surface area contributed by atoms with Crippen molar-refractivity contribution in [2.24, 2.45) is 5.92 Å². The molecule has 0 bridgehead atoms. The molecule has 1 aliphatic heterocycles. The lowest BCUT2D eigenvalue weighted by Gasteiger charge is -2.18. The molecule has 3 aromatic rings. The molecule has 0 aromatic heterocycles. The maximum Gasteiger partial charge on any atom is 0.243 e. The van der Waals surface area contributed by atoms with Crippen LogP contribution in [-0.4, -0.2) is 18.4 Å². The predicted octanol–water partition coefficient (Wildman–Crippen LogP) is 5.69. The summed E-state index contributed by atoms with van der Waals surface area (Å²) in [7, 11) is 0. The van der Waals surface area contributed by atoms with Crippen molar-refractivity contribution >= 4 is 46.4 Å². The average Bonchev–Trinajstić information content (AvgIpc) is 3.21. The summed E-state index contributed by atoms with van der Waals surface area (Å²) >= 11 is 12.2. The van der Waals surface area contributed by atoms with E-state index in [2.05, 4.69) is 10.9 Å². The van der Waals surface area contributed by atoms with Gasteiger partial charge in [0.1, 0.15) is 12.4 Å². The number of para-hydroxylation sites is 2. The van der Waals surface area contributed by atoms with Gasteiger partial charge in [-0.3, -0.25) is 20.4 Å². The lowest BCUT2D eigenvalue weighted by atomic mass is 10.1. The van der Waals surface area contributed by atoms with Crippen LogP contribution in [0.2, 0.25) is 10.0 Å².